The number of aromatic nitrogens is 3. The number of nitrogens with zero attached hydrogens (tertiary/aromatic N) is 3. The normalized spacial score (nSPS) is 11.6. The van der Waals surface area contributed by atoms with Gasteiger partial charge >= 0.3 is 0 Å². The average molecular weight is 734 g/mol. The van der Waals surface area contributed by atoms with Crippen molar-refractivity contribution in [2.75, 3.05) is 0 Å². The summed E-state index contributed by atoms with van der Waals surface area (Å²) in [5.41, 5.74) is 11.2. The van der Waals surface area contributed by atoms with Gasteiger partial charge in [0.1, 0.15) is 11.2 Å². The third-order valence-corrected chi connectivity index (χ3v) is 11.8. The Labute approximate surface area is 327 Å². The van der Waals surface area contributed by atoms with Crippen LogP contribution >= 0.6 is 11.3 Å². The predicted octanol–water partition coefficient (Wildman–Crippen LogP) is 14.1. The number of benzene rings is 8. The molecule has 0 atom stereocenters. The molecule has 5 heteroatoms. The van der Waals surface area contributed by atoms with Crippen molar-refractivity contribution >= 4 is 53.4 Å². The molecular formula is C51H31N3OS. The fraction of sp³-hybridized carbons (Fsp3) is 0. The summed E-state index contributed by atoms with van der Waals surface area (Å²) < 4.78 is 9.48. The molecule has 0 spiro atoms. The first-order valence-corrected chi connectivity index (χ1v) is 19.5. The van der Waals surface area contributed by atoms with Gasteiger partial charge in [0.2, 0.25) is 0 Å². The molecule has 11 aromatic rings. The Kier molecular flexibility index (Phi) is 7.64. The zero-order valence-electron chi connectivity index (χ0n) is 30.1. The number of thiophene rings is 1. The quantitative estimate of drug-likeness (QED) is 0.171. The van der Waals surface area contributed by atoms with Crippen LogP contribution in [0, 0.1) is 0 Å². The van der Waals surface area contributed by atoms with Crippen molar-refractivity contribution in [1.82, 2.24) is 15.0 Å². The highest BCUT2D eigenvalue weighted by molar-refractivity contribution is 7.26. The highest BCUT2D eigenvalue weighted by Crippen LogP contribution is 2.44. The first-order valence-electron chi connectivity index (χ1n) is 18.7. The zero-order valence-corrected chi connectivity index (χ0v) is 30.9. The van der Waals surface area contributed by atoms with Crippen LogP contribution in [0.3, 0.4) is 0 Å². The van der Waals surface area contributed by atoms with E-state index >= 15 is 0 Å². The van der Waals surface area contributed by atoms with Crippen LogP contribution in [0.5, 0.6) is 0 Å². The van der Waals surface area contributed by atoms with Crippen LogP contribution in [-0.4, -0.2) is 15.0 Å². The minimum atomic E-state index is 0.563. The monoisotopic (exact) mass is 733 g/mol. The number of fused-ring (bicyclic) bond motifs is 6. The van der Waals surface area contributed by atoms with Crippen LogP contribution < -0.4 is 0 Å². The number of para-hydroxylation sites is 2. The van der Waals surface area contributed by atoms with Crippen LogP contribution in [0.15, 0.2) is 192 Å². The third kappa shape index (κ3) is 5.48. The number of furan rings is 1. The molecule has 0 unspecified atom stereocenters. The average Bonchev–Trinajstić information content (AvgIpc) is 3.86. The second-order valence-corrected chi connectivity index (χ2v) is 15.0. The van der Waals surface area contributed by atoms with E-state index in [4.69, 9.17) is 19.4 Å². The lowest BCUT2D eigenvalue weighted by atomic mass is 9.99. The van der Waals surface area contributed by atoms with E-state index in [0.29, 0.717) is 17.5 Å². The Morgan fingerprint density at radius 3 is 1.48 bits per heavy atom. The zero-order chi connectivity index (χ0) is 37.0. The smallest absolute Gasteiger partial charge is 0.167 e. The number of hydrogen-bond donors (Lipinski definition) is 0. The van der Waals surface area contributed by atoms with Crippen molar-refractivity contribution in [1.29, 1.82) is 0 Å². The maximum absolute atomic E-state index is 6.93. The van der Waals surface area contributed by atoms with Crippen LogP contribution in [0.1, 0.15) is 0 Å². The highest BCUT2D eigenvalue weighted by atomic mass is 32.1. The van der Waals surface area contributed by atoms with Gasteiger partial charge in [-0.25, -0.2) is 15.0 Å². The fourth-order valence-corrected chi connectivity index (χ4v) is 9.10. The van der Waals surface area contributed by atoms with Gasteiger partial charge < -0.3 is 4.42 Å². The van der Waals surface area contributed by atoms with Crippen molar-refractivity contribution in [3.05, 3.63) is 188 Å². The lowest BCUT2D eigenvalue weighted by Crippen LogP contribution is -2.00. The van der Waals surface area contributed by atoms with E-state index in [-0.39, 0.29) is 0 Å². The second-order valence-electron chi connectivity index (χ2n) is 13.9. The van der Waals surface area contributed by atoms with Gasteiger partial charge in [0, 0.05) is 47.6 Å². The van der Waals surface area contributed by atoms with E-state index in [2.05, 4.69) is 146 Å². The molecule has 0 amide bonds. The Hall–Kier alpha value is -7.21. The minimum Gasteiger partial charge on any atom is -0.455 e. The summed E-state index contributed by atoms with van der Waals surface area (Å²) in [6.45, 7) is 0. The molecule has 0 bridgehead atoms. The summed E-state index contributed by atoms with van der Waals surface area (Å²) in [5, 5.41) is 4.62. The molecule has 3 aromatic heterocycles. The van der Waals surface area contributed by atoms with Crippen LogP contribution in [-0.2, 0) is 0 Å². The first-order chi connectivity index (χ1) is 27.7. The SMILES string of the molecule is c1ccc(-c2ccc(-c3nc(-c4ccccc4)nc(-c4cccc5c4oc4c(-c6ccc7c(c6)sc6c(-c8ccccc8)cccc67)cccc45)n3)cc2)cc1. The van der Waals surface area contributed by atoms with Crippen molar-refractivity contribution in [2.45, 2.75) is 0 Å². The Balaban J connectivity index is 1.05. The van der Waals surface area contributed by atoms with E-state index in [1.807, 2.05) is 53.8 Å². The number of rotatable bonds is 6. The predicted molar refractivity (Wildman–Crippen MR) is 233 cm³/mol. The van der Waals surface area contributed by atoms with E-state index in [0.717, 1.165) is 60.9 Å². The summed E-state index contributed by atoms with van der Waals surface area (Å²) >= 11 is 1.85. The molecule has 262 valence electrons. The van der Waals surface area contributed by atoms with Gasteiger partial charge in [0.05, 0.1) is 5.56 Å². The topological polar surface area (TPSA) is 51.8 Å². The molecule has 4 nitrogen and oxygen atoms in total. The largest absolute Gasteiger partial charge is 0.455 e. The highest BCUT2D eigenvalue weighted by Gasteiger charge is 2.20. The maximum atomic E-state index is 6.93. The van der Waals surface area contributed by atoms with Gasteiger partial charge in [-0.15, -0.1) is 11.3 Å². The van der Waals surface area contributed by atoms with Gasteiger partial charge in [-0.2, -0.15) is 0 Å². The molecule has 0 aliphatic heterocycles. The molecule has 11 rings (SSSR count). The van der Waals surface area contributed by atoms with E-state index in [9.17, 15) is 0 Å². The molecule has 0 saturated heterocycles. The molecule has 0 fully saturated rings. The molecule has 8 aromatic carbocycles. The van der Waals surface area contributed by atoms with Crippen molar-refractivity contribution in [3.63, 3.8) is 0 Å². The molecule has 56 heavy (non-hydrogen) atoms. The summed E-state index contributed by atoms with van der Waals surface area (Å²) in [6.07, 6.45) is 0. The summed E-state index contributed by atoms with van der Waals surface area (Å²) in [4.78, 5) is 15.2. The third-order valence-electron chi connectivity index (χ3n) is 10.6. The summed E-state index contributed by atoms with van der Waals surface area (Å²) in [7, 11) is 0. The Morgan fingerprint density at radius 2 is 0.804 bits per heavy atom. The van der Waals surface area contributed by atoms with Gasteiger partial charge in [-0.3, -0.25) is 0 Å². The summed E-state index contributed by atoms with van der Waals surface area (Å²) in [6, 6.07) is 65.6. The molecule has 0 aliphatic carbocycles. The molecule has 0 aliphatic rings. The van der Waals surface area contributed by atoms with E-state index in [1.54, 1.807) is 0 Å². The Bertz CT molecular complexity index is 3230. The van der Waals surface area contributed by atoms with Gasteiger partial charge in [-0.1, -0.05) is 176 Å². The van der Waals surface area contributed by atoms with Crippen molar-refractivity contribution < 1.29 is 4.42 Å². The lowest BCUT2D eigenvalue weighted by Gasteiger charge is -2.09. The van der Waals surface area contributed by atoms with Gasteiger partial charge in [0.25, 0.3) is 0 Å². The fourth-order valence-electron chi connectivity index (χ4n) is 7.82. The maximum Gasteiger partial charge on any atom is 0.167 e. The van der Waals surface area contributed by atoms with Crippen LogP contribution in [0.2, 0.25) is 0 Å². The second kappa shape index (κ2) is 13.3. The van der Waals surface area contributed by atoms with Gasteiger partial charge in [-0.05, 0) is 39.9 Å². The van der Waals surface area contributed by atoms with Crippen molar-refractivity contribution in [2.24, 2.45) is 0 Å². The minimum absolute atomic E-state index is 0.563. The van der Waals surface area contributed by atoms with E-state index in [1.165, 1.54) is 31.3 Å². The summed E-state index contributed by atoms with van der Waals surface area (Å²) in [5.74, 6) is 1.78. The molecule has 3 heterocycles. The van der Waals surface area contributed by atoms with E-state index < -0.39 is 0 Å². The standard InChI is InChI=1S/C51H31N3OS/c1-4-13-32(14-5-1)33-25-27-36(28-26-33)50-52-49(35-17-8-3-9-18-35)53-51(54-50)44-24-12-22-42-41-21-10-19-38(46(41)55-47(42)44)37-29-30-40-43-23-11-20-39(34-15-6-2-7-16-34)48(43)56-45(40)31-37/h1-31H. The molecule has 0 saturated carbocycles. The molecule has 0 radical (unpaired) electrons. The Morgan fingerprint density at radius 1 is 0.321 bits per heavy atom. The van der Waals surface area contributed by atoms with Crippen LogP contribution in [0.25, 0.3) is 110 Å². The lowest BCUT2D eigenvalue weighted by molar-refractivity contribution is 0.670. The van der Waals surface area contributed by atoms with Crippen LogP contribution in [0.4, 0.5) is 0 Å². The van der Waals surface area contributed by atoms with Crippen molar-refractivity contribution in [3.8, 4) is 67.5 Å². The first kappa shape index (κ1) is 32.2. The van der Waals surface area contributed by atoms with Gasteiger partial charge in [0.15, 0.2) is 17.5 Å². The number of hydrogen-bond acceptors (Lipinski definition) is 5. The molecule has 0 N–H and O–H groups in total. The molecular weight excluding hydrogens is 703 g/mol.